The summed E-state index contributed by atoms with van der Waals surface area (Å²) in [5, 5.41) is 11.1. The third-order valence-corrected chi connectivity index (χ3v) is 4.42. The molecule has 0 bridgehead atoms. The van der Waals surface area contributed by atoms with E-state index in [1.807, 2.05) is 0 Å². The smallest absolute Gasteiger partial charge is 0.407 e. The molecule has 0 saturated carbocycles. The summed E-state index contributed by atoms with van der Waals surface area (Å²) in [6.07, 6.45) is -0.293. The number of carboxylic acids is 1. The Hall–Kier alpha value is -2.13. The summed E-state index contributed by atoms with van der Waals surface area (Å²) in [6, 6.07) is 5.99. The fourth-order valence-electron chi connectivity index (χ4n) is 1.83. The largest absolute Gasteiger partial charge is 0.481 e. The van der Waals surface area contributed by atoms with E-state index < -0.39 is 27.7 Å². The number of benzene rings is 1. The van der Waals surface area contributed by atoms with Crippen molar-refractivity contribution in [1.29, 1.82) is 0 Å². The molecule has 0 aliphatic rings. The Morgan fingerprint density at radius 2 is 1.72 bits per heavy atom. The number of carbonyl (C=O) groups is 2. The highest BCUT2D eigenvalue weighted by Crippen LogP contribution is 2.11. The molecule has 9 heteroatoms. The molecule has 0 spiro atoms. The van der Waals surface area contributed by atoms with Crippen LogP contribution in [0.5, 0.6) is 0 Å². The van der Waals surface area contributed by atoms with E-state index in [0.29, 0.717) is 6.42 Å². The first-order valence-electron chi connectivity index (χ1n) is 7.77. The summed E-state index contributed by atoms with van der Waals surface area (Å²) in [6.45, 7) is 5.30. The predicted molar refractivity (Wildman–Crippen MR) is 91.8 cm³/mol. The Balaban J connectivity index is 2.47. The molecule has 140 valence electrons. The van der Waals surface area contributed by atoms with Crippen LogP contribution in [0.25, 0.3) is 0 Å². The van der Waals surface area contributed by atoms with Crippen LogP contribution < -0.4 is 10.0 Å². The van der Waals surface area contributed by atoms with Crippen LogP contribution >= 0.6 is 0 Å². The van der Waals surface area contributed by atoms with Crippen molar-refractivity contribution in [3.63, 3.8) is 0 Å². The molecular weight excluding hydrogens is 348 g/mol. The summed E-state index contributed by atoms with van der Waals surface area (Å²) in [5.74, 6) is -0.907. The highest BCUT2D eigenvalue weighted by Gasteiger charge is 2.16. The van der Waals surface area contributed by atoms with Gasteiger partial charge in [-0.1, -0.05) is 12.1 Å². The second-order valence-electron chi connectivity index (χ2n) is 6.36. The van der Waals surface area contributed by atoms with Crippen molar-refractivity contribution in [3.8, 4) is 0 Å². The van der Waals surface area contributed by atoms with E-state index >= 15 is 0 Å². The maximum absolute atomic E-state index is 12.1. The first-order chi connectivity index (χ1) is 11.5. The van der Waals surface area contributed by atoms with Gasteiger partial charge in [-0.2, -0.15) is 0 Å². The van der Waals surface area contributed by atoms with Crippen LogP contribution in [0, 0.1) is 0 Å². The number of carboxylic acid groups (broad SMARTS) is 1. The van der Waals surface area contributed by atoms with E-state index in [4.69, 9.17) is 9.84 Å². The number of hydrogen-bond acceptors (Lipinski definition) is 5. The van der Waals surface area contributed by atoms with Crippen molar-refractivity contribution < 1.29 is 27.9 Å². The van der Waals surface area contributed by atoms with Crippen LogP contribution in [0.3, 0.4) is 0 Å². The molecule has 1 aromatic rings. The summed E-state index contributed by atoms with van der Waals surface area (Å²) in [5.41, 5.74) is 0.124. The number of rotatable bonds is 8. The second-order valence-corrected chi connectivity index (χ2v) is 8.13. The Morgan fingerprint density at radius 1 is 1.12 bits per heavy atom. The number of aliphatic carboxylic acids is 1. The Bertz CT molecular complexity index is 692. The Morgan fingerprint density at radius 3 is 2.24 bits per heavy atom. The standard InChI is InChI=1S/C16H24N2O6S/c1-16(2,3)24-15(21)17-10-11-18-25(22,23)13-7-4-12(5-8-13)6-9-14(19)20/h4-5,7-8,18H,6,9-11H2,1-3H3,(H,17,21)(H,19,20). The maximum Gasteiger partial charge on any atom is 0.407 e. The van der Waals surface area contributed by atoms with E-state index in [-0.39, 0.29) is 24.4 Å². The lowest BCUT2D eigenvalue weighted by Gasteiger charge is -2.19. The normalized spacial score (nSPS) is 11.8. The van der Waals surface area contributed by atoms with Gasteiger partial charge >= 0.3 is 12.1 Å². The molecule has 25 heavy (non-hydrogen) atoms. The molecule has 0 radical (unpaired) electrons. The molecule has 8 nitrogen and oxygen atoms in total. The zero-order valence-electron chi connectivity index (χ0n) is 14.5. The van der Waals surface area contributed by atoms with Crippen LogP contribution in [-0.4, -0.2) is 44.3 Å². The number of carbonyl (C=O) groups excluding carboxylic acids is 1. The molecule has 0 aromatic heterocycles. The van der Waals surface area contributed by atoms with Gasteiger partial charge in [0, 0.05) is 19.5 Å². The second kappa shape index (κ2) is 8.82. The topological polar surface area (TPSA) is 122 Å². The van der Waals surface area contributed by atoms with Gasteiger partial charge in [-0.3, -0.25) is 4.79 Å². The molecule has 1 amide bonds. The first kappa shape index (κ1) is 20.9. The molecule has 0 saturated heterocycles. The third-order valence-electron chi connectivity index (χ3n) is 2.95. The van der Waals surface area contributed by atoms with Crippen molar-refractivity contribution in [1.82, 2.24) is 10.0 Å². The van der Waals surface area contributed by atoms with Crippen molar-refractivity contribution >= 4 is 22.1 Å². The van der Waals surface area contributed by atoms with Gasteiger partial charge in [0.15, 0.2) is 0 Å². The van der Waals surface area contributed by atoms with Gasteiger partial charge in [-0.25, -0.2) is 17.9 Å². The predicted octanol–water partition coefficient (Wildman–Crippen LogP) is 1.51. The van der Waals surface area contributed by atoms with Gasteiger partial charge in [-0.05, 0) is 44.9 Å². The van der Waals surface area contributed by atoms with Gasteiger partial charge in [0.1, 0.15) is 5.60 Å². The van der Waals surface area contributed by atoms with Gasteiger partial charge in [0.2, 0.25) is 10.0 Å². The molecule has 1 rings (SSSR count). The minimum Gasteiger partial charge on any atom is -0.481 e. The molecule has 0 atom stereocenters. The molecule has 0 heterocycles. The number of ether oxygens (including phenoxy) is 1. The van der Waals surface area contributed by atoms with Crippen LogP contribution in [-0.2, 0) is 26.0 Å². The summed E-state index contributed by atoms with van der Waals surface area (Å²) >= 11 is 0. The zero-order chi connectivity index (χ0) is 19.1. The molecule has 0 unspecified atom stereocenters. The van der Waals surface area contributed by atoms with Crippen molar-refractivity contribution in [2.75, 3.05) is 13.1 Å². The fourth-order valence-corrected chi connectivity index (χ4v) is 2.87. The van der Waals surface area contributed by atoms with E-state index in [1.54, 1.807) is 32.9 Å². The molecule has 0 fully saturated rings. The summed E-state index contributed by atoms with van der Waals surface area (Å²) in [4.78, 5) is 22.0. The number of nitrogens with one attached hydrogen (secondary N) is 2. The fraction of sp³-hybridized carbons (Fsp3) is 0.500. The average Bonchev–Trinajstić information content (AvgIpc) is 2.48. The molecule has 3 N–H and O–H groups in total. The minimum atomic E-state index is -3.70. The van der Waals surface area contributed by atoms with Gasteiger partial charge < -0.3 is 15.2 Å². The zero-order valence-corrected chi connectivity index (χ0v) is 15.4. The number of aryl methyl sites for hydroxylation is 1. The number of hydrogen-bond donors (Lipinski definition) is 3. The highest BCUT2D eigenvalue weighted by molar-refractivity contribution is 7.89. The van der Waals surface area contributed by atoms with Crippen molar-refractivity contribution in [3.05, 3.63) is 29.8 Å². The number of alkyl carbamates (subject to hydrolysis) is 1. The third kappa shape index (κ3) is 8.50. The summed E-state index contributed by atoms with van der Waals surface area (Å²) in [7, 11) is -3.70. The van der Waals surface area contributed by atoms with E-state index in [9.17, 15) is 18.0 Å². The number of amides is 1. The summed E-state index contributed by atoms with van der Waals surface area (Å²) < 4.78 is 31.7. The molecule has 0 aliphatic heterocycles. The minimum absolute atomic E-state index is 0.0132. The van der Waals surface area contributed by atoms with Crippen molar-refractivity contribution in [2.45, 2.75) is 44.1 Å². The lowest BCUT2D eigenvalue weighted by atomic mass is 10.1. The lowest BCUT2D eigenvalue weighted by Crippen LogP contribution is -2.37. The van der Waals surface area contributed by atoms with Gasteiger partial charge in [0.25, 0.3) is 0 Å². The first-order valence-corrected chi connectivity index (χ1v) is 9.25. The van der Waals surface area contributed by atoms with Crippen molar-refractivity contribution in [2.24, 2.45) is 0 Å². The Labute approximate surface area is 147 Å². The van der Waals surface area contributed by atoms with E-state index in [1.165, 1.54) is 12.1 Å². The van der Waals surface area contributed by atoms with Crippen LogP contribution in [0.4, 0.5) is 4.79 Å². The SMILES string of the molecule is CC(C)(C)OC(=O)NCCNS(=O)(=O)c1ccc(CCC(=O)O)cc1. The van der Waals surface area contributed by atoms with E-state index in [0.717, 1.165) is 5.56 Å². The lowest BCUT2D eigenvalue weighted by molar-refractivity contribution is -0.136. The van der Waals surface area contributed by atoms with Crippen LogP contribution in [0.2, 0.25) is 0 Å². The quantitative estimate of drug-likeness (QED) is 0.595. The molecule has 1 aromatic carbocycles. The highest BCUT2D eigenvalue weighted by atomic mass is 32.2. The van der Waals surface area contributed by atoms with Crippen LogP contribution in [0.15, 0.2) is 29.2 Å². The molecular formula is C16H24N2O6S. The molecule has 0 aliphatic carbocycles. The van der Waals surface area contributed by atoms with Gasteiger partial charge in [-0.15, -0.1) is 0 Å². The maximum atomic E-state index is 12.1. The van der Waals surface area contributed by atoms with Crippen LogP contribution in [0.1, 0.15) is 32.8 Å². The monoisotopic (exact) mass is 372 g/mol. The Kier molecular flexibility index (Phi) is 7.38. The average molecular weight is 372 g/mol. The van der Waals surface area contributed by atoms with E-state index in [2.05, 4.69) is 10.0 Å². The number of sulfonamides is 1. The van der Waals surface area contributed by atoms with Gasteiger partial charge in [0.05, 0.1) is 4.90 Å².